The maximum absolute atomic E-state index is 12.0. The number of ether oxygens (including phenoxy) is 1. The fourth-order valence-electron chi connectivity index (χ4n) is 2.74. The average molecular weight is 424 g/mol. The first-order chi connectivity index (χ1) is 14.5. The second kappa shape index (κ2) is 10.5. The molecule has 2 aromatic heterocycles. The molecular weight excluding hydrogens is 398 g/mol. The van der Waals surface area contributed by atoms with Gasteiger partial charge in [0.25, 0.3) is 5.91 Å². The van der Waals surface area contributed by atoms with Crippen molar-refractivity contribution in [1.82, 2.24) is 15.6 Å². The molecule has 0 spiro atoms. The summed E-state index contributed by atoms with van der Waals surface area (Å²) in [6, 6.07) is 11.5. The Morgan fingerprint density at radius 3 is 2.70 bits per heavy atom. The highest BCUT2D eigenvalue weighted by molar-refractivity contribution is 7.08. The van der Waals surface area contributed by atoms with E-state index in [-0.39, 0.29) is 11.8 Å². The Bertz CT molecular complexity index is 985. The van der Waals surface area contributed by atoms with Crippen LogP contribution >= 0.6 is 11.3 Å². The Kier molecular flexibility index (Phi) is 7.57. The Balaban J connectivity index is 1.37. The Hall–Kier alpha value is -3.19. The summed E-state index contributed by atoms with van der Waals surface area (Å²) in [6.45, 7) is 4.88. The lowest BCUT2D eigenvalue weighted by molar-refractivity contribution is -0.121. The fourth-order valence-corrected chi connectivity index (χ4v) is 3.38. The molecule has 0 radical (unpaired) electrons. The Morgan fingerprint density at radius 2 is 1.97 bits per heavy atom. The zero-order valence-electron chi connectivity index (χ0n) is 17.1. The first-order valence-corrected chi connectivity index (χ1v) is 10.7. The molecular formula is C23H25N3O3S. The highest BCUT2D eigenvalue weighted by Gasteiger charge is 2.07. The Labute approximate surface area is 180 Å². The van der Waals surface area contributed by atoms with E-state index < -0.39 is 0 Å². The molecule has 1 aromatic carbocycles. The van der Waals surface area contributed by atoms with Gasteiger partial charge in [-0.25, -0.2) is 4.98 Å². The number of hydrogen-bond acceptors (Lipinski definition) is 5. The molecule has 3 aromatic rings. The fraction of sp³-hybridized carbons (Fsp3) is 0.261. The number of hydrogen-bond donors (Lipinski definition) is 2. The van der Waals surface area contributed by atoms with Crippen LogP contribution in [0, 0.1) is 13.8 Å². The number of carbonyl (C=O) groups is 2. The molecule has 2 amide bonds. The lowest BCUT2D eigenvalue weighted by Gasteiger charge is -2.10. The number of nitrogens with one attached hydrogen (secondary N) is 2. The van der Waals surface area contributed by atoms with E-state index in [9.17, 15) is 9.59 Å². The molecule has 0 unspecified atom stereocenters. The first-order valence-electron chi connectivity index (χ1n) is 9.78. The average Bonchev–Trinajstić information content (AvgIpc) is 3.28. The van der Waals surface area contributed by atoms with Crippen molar-refractivity contribution in [3.63, 3.8) is 0 Å². The van der Waals surface area contributed by atoms with Gasteiger partial charge in [-0.2, -0.15) is 11.3 Å². The SMILES string of the molecule is Cc1ccc(C)c(Oc2ccc(CNC(=O)CCCNC(=O)c3ccsc3)cn2)c1. The van der Waals surface area contributed by atoms with E-state index >= 15 is 0 Å². The lowest BCUT2D eigenvalue weighted by atomic mass is 10.1. The van der Waals surface area contributed by atoms with Crippen LogP contribution in [0.5, 0.6) is 11.6 Å². The second-order valence-electron chi connectivity index (χ2n) is 7.02. The molecule has 2 N–H and O–H groups in total. The number of pyridine rings is 1. The third-order valence-corrected chi connectivity index (χ3v) is 5.18. The van der Waals surface area contributed by atoms with E-state index in [4.69, 9.17) is 4.74 Å². The zero-order valence-corrected chi connectivity index (χ0v) is 17.9. The minimum absolute atomic E-state index is 0.0597. The van der Waals surface area contributed by atoms with Gasteiger partial charge in [-0.15, -0.1) is 0 Å². The molecule has 0 saturated carbocycles. The van der Waals surface area contributed by atoms with E-state index in [1.54, 1.807) is 23.7 Å². The molecule has 0 saturated heterocycles. The van der Waals surface area contributed by atoms with E-state index in [2.05, 4.69) is 15.6 Å². The summed E-state index contributed by atoms with van der Waals surface area (Å²) in [5.41, 5.74) is 3.72. The standard InChI is InChI=1S/C23H25N3O3S/c1-16-5-6-17(2)20(12-16)29-22-8-7-18(14-26-22)13-25-21(27)4-3-10-24-23(28)19-9-11-30-15-19/h5-9,11-12,14-15H,3-4,10,13H2,1-2H3,(H,24,28)(H,25,27). The van der Waals surface area contributed by atoms with E-state index in [1.165, 1.54) is 11.3 Å². The highest BCUT2D eigenvalue weighted by Crippen LogP contribution is 2.24. The van der Waals surface area contributed by atoms with Crippen molar-refractivity contribution in [3.05, 3.63) is 75.6 Å². The van der Waals surface area contributed by atoms with Gasteiger partial charge in [-0.05, 0) is 54.5 Å². The van der Waals surface area contributed by atoms with Crippen molar-refractivity contribution in [2.24, 2.45) is 0 Å². The molecule has 0 aliphatic carbocycles. The molecule has 2 heterocycles. The number of rotatable bonds is 9. The third-order valence-electron chi connectivity index (χ3n) is 4.49. The minimum atomic E-state index is -0.106. The molecule has 0 bridgehead atoms. The number of nitrogens with zero attached hydrogens (tertiary/aromatic N) is 1. The summed E-state index contributed by atoms with van der Waals surface area (Å²) < 4.78 is 5.85. The van der Waals surface area contributed by atoms with Crippen LogP contribution in [-0.2, 0) is 11.3 Å². The summed E-state index contributed by atoms with van der Waals surface area (Å²) in [6.07, 6.45) is 2.63. The predicted molar refractivity (Wildman–Crippen MR) is 118 cm³/mol. The molecule has 3 rings (SSSR count). The number of benzene rings is 1. The number of carbonyl (C=O) groups excluding carboxylic acids is 2. The highest BCUT2D eigenvalue weighted by atomic mass is 32.1. The number of aromatic nitrogens is 1. The molecule has 0 atom stereocenters. The molecule has 0 aliphatic heterocycles. The summed E-state index contributed by atoms with van der Waals surface area (Å²) in [5, 5.41) is 9.34. The van der Waals surface area contributed by atoms with Crippen LogP contribution in [0.15, 0.2) is 53.4 Å². The summed E-state index contributed by atoms with van der Waals surface area (Å²) in [5.74, 6) is 1.14. The van der Waals surface area contributed by atoms with Crippen LogP contribution in [0.4, 0.5) is 0 Å². The van der Waals surface area contributed by atoms with Gasteiger partial charge < -0.3 is 15.4 Å². The molecule has 0 aliphatic rings. The van der Waals surface area contributed by atoms with Crippen LogP contribution in [0.2, 0.25) is 0 Å². The van der Waals surface area contributed by atoms with Crippen LogP contribution < -0.4 is 15.4 Å². The van der Waals surface area contributed by atoms with Crippen molar-refractivity contribution in [1.29, 1.82) is 0 Å². The van der Waals surface area contributed by atoms with Crippen molar-refractivity contribution in [3.8, 4) is 11.6 Å². The van der Waals surface area contributed by atoms with Crippen LogP contribution in [0.25, 0.3) is 0 Å². The molecule has 0 fully saturated rings. The quantitative estimate of drug-likeness (QED) is 0.501. The topological polar surface area (TPSA) is 80.3 Å². The third kappa shape index (κ3) is 6.42. The van der Waals surface area contributed by atoms with Gasteiger partial charge in [-0.3, -0.25) is 9.59 Å². The number of thiophene rings is 1. The molecule has 30 heavy (non-hydrogen) atoms. The monoisotopic (exact) mass is 423 g/mol. The predicted octanol–water partition coefficient (Wildman–Crippen LogP) is 4.38. The summed E-state index contributed by atoms with van der Waals surface area (Å²) in [7, 11) is 0. The minimum Gasteiger partial charge on any atom is -0.439 e. The van der Waals surface area contributed by atoms with E-state index in [0.29, 0.717) is 37.4 Å². The van der Waals surface area contributed by atoms with E-state index in [0.717, 1.165) is 22.4 Å². The van der Waals surface area contributed by atoms with Gasteiger partial charge in [0.1, 0.15) is 5.75 Å². The van der Waals surface area contributed by atoms with Crippen LogP contribution in [-0.4, -0.2) is 23.3 Å². The van der Waals surface area contributed by atoms with Gasteiger partial charge >= 0.3 is 0 Å². The zero-order chi connectivity index (χ0) is 21.3. The number of aryl methyl sites for hydroxylation is 2. The van der Waals surface area contributed by atoms with Crippen molar-refractivity contribution >= 4 is 23.2 Å². The molecule has 6 nitrogen and oxygen atoms in total. The van der Waals surface area contributed by atoms with Crippen molar-refractivity contribution in [2.45, 2.75) is 33.2 Å². The summed E-state index contributed by atoms with van der Waals surface area (Å²) in [4.78, 5) is 28.1. The smallest absolute Gasteiger partial charge is 0.252 e. The molecule has 156 valence electrons. The Morgan fingerprint density at radius 1 is 1.10 bits per heavy atom. The van der Waals surface area contributed by atoms with E-state index in [1.807, 2.05) is 43.5 Å². The van der Waals surface area contributed by atoms with Gasteiger partial charge in [-0.1, -0.05) is 18.2 Å². The largest absolute Gasteiger partial charge is 0.439 e. The maximum Gasteiger partial charge on any atom is 0.252 e. The van der Waals surface area contributed by atoms with Crippen molar-refractivity contribution < 1.29 is 14.3 Å². The van der Waals surface area contributed by atoms with Gasteiger partial charge in [0.15, 0.2) is 0 Å². The van der Waals surface area contributed by atoms with Crippen molar-refractivity contribution in [2.75, 3.05) is 6.54 Å². The number of amides is 2. The first kappa shape index (κ1) is 21.5. The van der Waals surface area contributed by atoms with Gasteiger partial charge in [0.2, 0.25) is 11.8 Å². The second-order valence-corrected chi connectivity index (χ2v) is 7.80. The maximum atomic E-state index is 12.0. The summed E-state index contributed by atoms with van der Waals surface area (Å²) >= 11 is 1.48. The normalized spacial score (nSPS) is 10.5. The van der Waals surface area contributed by atoms with Crippen LogP contribution in [0.3, 0.4) is 0 Å². The van der Waals surface area contributed by atoms with Gasteiger partial charge in [0.05, 0.1) is 0 Å². The van der Waals surface area contributed by atoms with Gasteiger partial charge in [0, 0.05) is 42.7 Å². The lowest BCUT2D eigenvalue weighted by Crippen LogP contribution is -2.27. The molecule has 7 heteroatoms. The van der Waals surface area contributed by atoms with Crippen LogP contribution in [0.1, 0.15) is 39.9 Å².